The molecule has 0 aromatic heterocycles. The summed E-state index contributed by atoms with van der Waals surface area (Å²) in [5, 5.41) is 14.0. The Bertz CT molecular complexity index is 304. The molecule has 0 bridgehead atoms. The first-order valence-corrected chi connectivity index (χ1v) is 4.84. The molecular weight excluding hydrogens is 216 g/mol. The number of carboxylic acids is 1. The van der Waals surface area contributed by atoms with Crippen LogP contribution in [0.4, 0.5) is 0 Å². The predicted molar refractivity (Wildman–Crippen MR) is 52.6 cm³/mol. The van der Waals surface area contributed by atoms with Crippen molar-refractivity contribution in [3.05, 3.63) is 0 Å². The number of carboxylic acid groups (broad SMARTS) is 1. The number of hydrogen-bond donors (Lipinski definition) is 3. The maximum atomic E-state index is 11.1. The molecule has 1 fully saturated rings. The van der Waals surface area contributed by atoms with Gasteiger partial charge in [-0.05, 0) is 0 Å². The zero-order valence-electron chi connectivity index (χ0n) is 8.86. The van der Waals surface area contributed by atoms with E-state index in [0.717, 1.165) is 0 Å². The number of ether oxygens (including phenoxy) is 1. The van der Waals surface area contributed by atoms with Gasteiger partial charge in [-0.2, -0.15) is 0 Å². The van der Waals surface area contributed by atoms with Crippen LogP contribution in [0.25, 0.3) is 0 Å². The number of nitrogens with one attached hydrogen (secondary N) is 2. The summed E-state index contributed by atoms with van der Waals surface area (Å²) in [5.74, 6) is -1.65. The van der Waals surface area contributed by atoms with Crippen molar-refractivity contribution >= 4 is 17.8 Å². The van der Waals surface area contributed by atoms with Gasteiger partial charge in [-0.3, -0.25) is 14.4 Å². The Balaban J connectivity index is 2.46. The third-order valence-corrected chi connectivity index (χ3v) is 2.37. The molecule has 3 N–H and O–H groups in total. The fourth-order valence-electron chi connectivity index (χ4n) is 1.59. The van der Waals surface area contributed by atoms with Crippen molar-refractivity contribution in [3.8, 4) is 0 Å². The number of methoxy groups -OCH3 is 1. The fraction of sp³-hybridized carbons (Fsp3) is 0.667. The molecule has 1 aliphatic rings. The summed E-state index contributed by atoms with van der Waals surface area (Å²) in [7, 11) is 1.26. The summed E-state index contributed by atoms with van der Waals surface area (Å²) in [6.07, 6.45) is 0.0134. The van der Waals surface area contributed by atoms with Crippen molar-refractivity contribution in [2.45, 2.75) is 24.9 Å². The Labute approximate surface area is 92.1 Å². The average Bonchev–Trinajstić information content (AvgIpc) is 2.54. The molecule has 1 saturated heterocycles. The maximum absolute atomic E-state index is 11.1. The Kier molecular flexibility index (Phi) is 4.24. The fourth-order valence-corrected chi connectivity index (χ4v) is 1.59. The molecule has 0 spiro atoms. The number of amides is 1. The van der Waals surface area contributed by atoms with Gasteiger partial charge in [0.15, 0.2) is 0 Å². The van der Waals surface area contributed by atoms with Crippen LogP contribution in [0.3, 0.4) is 0 Å². The van der Waals surface area contributed by atoms with E-state index in [4.69, 9.17) is 5.11 Å². The van der Waals surface area contributed by atoms with E-state index >= 15 is 0 Å². The second-order valence-corrected chi connectivity index (χ2v) is 3.54. The molecule has 1 aliphatic heterocycles. The molecule has 1 heterocycles. The third-order valence-electron chi connectivity index (χ3n) is 2.37. The molecular formula is C9H14N2O5. The maximum Gasteiger partial charge on any atom is 0.319 e. The number of esters is 1. The summed E-state index contributed by atoms with van der Waals surface area (Å²) < 4.78 is 4.43. The SMILES string of the molecule is COC(=O)CN[C@H]1CC(=O)N[C@H]1CC(=O)O. The number of rotatable bonds is 5. The van der Waals surface area contributed by atoms with Crippen molar-refractivity contribution in [1.82, 2.24) is 10.6 Å². The first-order chi connectivity index (χ1) is 7.52. The Hall–Kier alpha value is -1.63. The zero-order chi connectivity index (χ0) is 12.1. The lowest BCUT2D eigenvalue weighted by Gasteiger charge is -2.17. The largest absolute Gasteiger partial charge is 0.481 e. The van der Waals surface area contributed by atoms with Crippen LogP contribution in [0.2, 0.25) is 0 Å². The molecule has 16 heavy (non-hydrogen) atoms. The molecule has 2 atom stereocenters. The summed E-state index contributed by atoms with van der Waals surface area (Å²) in [4.78, 5) is 32.5. The van der Waals surface area contributed by atoms with E-state index in [2.05, 4.69) is 15.4 Å². The molecule has 0 radical (unpaired) electrons. The first-order valence-electron chi connectivity index (χ1n) is 4.84. The zero-order valence-corrected chi connectivity index (χ0v) is 8.86. The Morgan fingerprint density at radius 3 is 2.88 bits per heavy atom. The monoisotopic (exact) mass is 230 g/mol. The lowest BCUT2D eigenvalue weighted by Crippen LogP contribution is -2.44. The van der Waals surface area contributed by atoms with Crippen LogP contribution in [0.1, 0.15) is 12.8 Å². The molecule has 7 heteroatoms. The van der Waals surface area contributed by atoms with Gasteiger partial charge in [0.1, 0.15) is 0 Å². The van der Waals surface area contributed by atoms with E-state index in [0.29, 0.717) is 0 Å². The van der Waals surface area contributed by atoms with Crippen LogP contribution >= 0.6 is 0 Å². The second-order valence-electron chi connectivity index (χ2n) is 3.54. The second kappa shape index (κ2) is 5.45. The van der Waals surface area contributed by atoms with E-state index < -0.39 is 18.0 Å². The molecule has 0 aromatic rings. The van der Waals surface area contributed by atoms with Gasteiger partial charge in [0, 0.05) is 12.5 Å². The average molecular weight is 230 g/mol. The molecule has 1 amide bonds. The van der Waals surface area contributed by atoms with Crippen molar-refractivity contribution < 1.29 is 24.2 Å². The van der Waals surface area contributed by atoms with Gasteiger partial charge in [0.05, 0.1) is 26.1 Å². The van der Waals surface area contributed by atoms with Gasteiger partial charge in [-0.25, -0.2) is 0 Å². The van der Waals surface area contributed by atoms with Crippen LogP contribution in [-0.2, 0) is 19.1 Å². The standard InChI is InChI=1S/C9H14N2O5/c1-16-9(15)4-10-5-2-7(12)11-6(5)3-8(13)14/h5-6,10H,2-4H2,1H3,(H,11,12)(H,13,14)/t5-,6-/m0/s1. The van der Waals surface area contributed by atoms with Crippen LogP contribution in [0.5, 0.6) is 0 Å². The highest BCUT2D eigenvalue weighted by molar-refractivity contribution is 5.81. The lowest BCUT2D eigenvalue weighted by atomic mass is 10.1. The first kappa shape index (κ1) is 12.4. The third kappa shape index (κ3) is 3.50. The van der Waals surface area contributed by atoms with Crippen molar-refractivity contribution in [2.75, 3.05) is 13.7 Å². The van der Waals surface area contributed by atoms with Crippen LogP contribution in [0.15, 0.2) is 0 Å². The normalized spacial score (nSPS) is 23.9. The molecule has 7 nitrogen and oxygen atoms in total. The smallest absolute Gasteiger partial charge is 0.319 e. The minimum absolute atomic E-state index is 0.0355. The van der Waals surface area contributed by atoms with E-state index in [9.17, 15) is 14.4 Å². The minimum Gasteiger partial charge on any atom is -0.481 e. The van der Waals surface area contributed by atoms with Gasteiger partial charge in [-0.15, -0.1) is 0 Å². The van der Waals surface area contributed by atoms with E-state index in [1.54, 1.807) is 0 Å². The molecule has 90 valence electrons. The summed E-state index contributed by atoms with van der Waals surface area (Å²) in [5.41, 5.74) is 0. The Morgan fingerprint density at radius 1 is 1.62 bits per heavy atom. The van der Waals surface area contributed by atoms with Crippen LogP contribution in [0, 0.1) is 0 Å². The number of carbonyl (C=O) groups is 3. The quantitative estimate of drug-likeness (QED) is 0.495. The number of aliphatic carboxylic acids is 1. The van der Waals surface area contributed by atoms with Gasteiger partial charge in [0.25, 0.3) is 0 Å². The van der Waals surface area contributed by atoms with Crippen molar-refractivity contribution in [3.63, 3.8) is 0 Å². The topological polar surface area (TPSA) is 105 Å². The van der Waals surface area contributed by atoms with Crippen molar-refractivity contribution in [1.29, 1.82) is 0 Å². The van der Waals surface area contributed by atoms with Crippen molar-refractivity contribution in [2.24, 2.45) is 0 Å². The molecule has 0 unspecified atom stereocenters. The highest BCUT2D eigenvalue weighted by Crippen LogP contribution is 2.11. The summed E-state index contributed by atoms with van der Waals surface area (Å²) >= 11 is 0. The molecule has 1 rings (SSSR count). The van der Waals surface area contributed by atoms with Gasteiger partial charge < -0.3 is 20.5 Å². The number of hydrogen-bond acceptors (Lipinski definition) is 5. The minimum atomic E-state index is -0.989. The van der Waals surface area contributed by atoms with E-state index in [-0.39, 0.29) is 31.3 Å². The highest BCUT2D eigenvalue weighted by atomic mass is 16.5. The predicted octanol–water partition coefficient (Wildman–Crippen LogP) is -1.52. The van der Waals surface area contributed by atoms with E-state index in [1.807, 2.05) is 0 Å². The van der Waals surface area contributed by atoms with Gasteiger partial charge in [0.2, 0.25) is 5.91 Å². The van der Waals surface area contributed by atoms with Gasteiger partial charge >= 0.3 is 11.9 Å². The van der Waals surface area contributed by atoms with E-state index in [1.165, 1.54) is 7.11 Å². The van der Waals surface area contributed by atoms with Crippen LogP contribution < -0.4 is 10.6 Å². The number of carbonyl (C=O) groups excluding carboxylic acids is 2. The Morgan fingerprint density at radius 2 is 2.31 bits per heavy atom. The van der Waals surface area contributed by atoms with Gasteiger partial charge in [-0.1, -0.05) is 0 Å². The summed E-state index contributed by atoms with van der Waals surface area (Å²) in [6, 6.07) is -0.822. The molecule has 0 aliphatic carbocycles. The molecule has 0 aromatic carbocycles. The highest BCUT2D eigenvalue weighted by Gasteiger charge is 2.33. The molecule has 0 saturated carbocycles. The lowest BCUT2D eigenvalue weighted by molar-refractivity contribution is -0.139. The summed E-state index contributed by atoms with van der Waals surface area (Å²) in [6.45, 7) is -0.0355. The van der Waals surface area contributed by atoms with Crippen LogP contribution in [-0.4, -0.2) is 48.7 Å².